The Labute approximate surface area is 99.0 Å². The zero-order valence-corrected chi connectivity index (χ0v) is 9.37. The van der Waals surface area contributed by atoms with Crippen molar-refractivity contribution in [1.29, 1.82) is 0 Å². The van der Waals surface area contributed by atoms with Crippen LogP contribution in [0.25, 0.3) is 0 Å². The molecule has 0 spiro atoms. The van der Waals surface area contributed by atoms with E-state index in [9.17, 15) is 0 Å². The number of nitrogens with zero attached hydrogens (tertiary/aromatic N) is 4. The normalized spacial score (nSPS) is 11.8. The maximum Gasteiger partial charge on any atom is 0.0924 e. The van der Waals surface area contributed by atoms with Crippen LogP contribution in [-0.4, -0.2) is 45.5 Å². The van der Waals surface area contributed by atoms with Crippen LogP contribution in [0.4, 0.5) is 0 Å². The predicted octanol–water partition coefficient (Wildman–Crippen LogP) is 1.06. The maximum absolute atomic E-state index is 4.26. The molecule has 17 heavy (non-hydrogen) atoms. The summed E-state index contributed by atoms with van der Waals surface area (Å²) >= 11 is 0. The molecule has 6 heteroatoms. The van der Waals surface area contributed by atoms with Gasteiger partial charge in [-0.2, -0.15) is 0 Å². The molecule has 0 saturated heterocycles. The summed E-state index contributed by atoms with van der Waals surface area (Å²) in [7, 11) is 0. The summed E-state index contributed by atoms with van der Waals surface area (Å²) in [6.45, 7) is 1.53. The first-order chi connectivity index (χ1) is 8.45. The largest absolute Gasteiger partial charge is 0.344 e. The highest BCUT2D eigenvalue weighted by atomic mass is 14.9. The first-order valence-electron chi connectivity index (χ1n) is 5.41. The zero-order chi connectivity index (χ0) is 11.8. The molecule has 0 aliphatic heterocycles. The van der Waals surface area contributed by atoms with Crippen LogP contribution in [0.3, 0.4) is 0 Å². The van der Waals surface area contributed by atoms with Gasteiger partial charge < -0.3 is 9.97 Å². The second-order valence-electron chi connectivity index (χ2n) is 3.44. The van der Waals surface area contributed by atoms with Crippen molar-refractivity contribution in [2.24, 2.45) is 9.98 Å². The molecular formula is C11H14N6. The van der Waals surface area contributed by atoms with Gasteiger partial charge in [-0.25, -0.2) is 9.97 Å². The van der Waals surface area contributed by atoms with Gasteiger partial charge in [-0.3, -0.25) is 9.98 Å². The Morgan fingerprint density at radius 1 is 0.941 bits per heavy atom. The number of aromatic nitrogens is 4. The molecule has 0 aliphatic rings. The van der Waals surface area contributed by atoms with Crippen molar-refractivity contribution in [2.75, 3.05) is 13.1 Å². The Morgan fingerprint density at radius 2 is 1.47 bits per heavy atom. The average molecular weight is 230 g/mol. The molecule has 0 atom stereocenters. The lowest BCUT2D eigenvalue weighted by Gasteiger charge is -1.90. The second-order valence-corrected chi connectivity index (χ2v) is 3.44. The van der Waals surface area contributed by atoms with Gasteiger partial charge in [0.25, 0.3) is 0 Å². The van der Waals surface area contributed by atoms with E-state index in [2.05, 4.69) is 29.9 Å². The van der Waals surface area contributed by atoms with Crippen molar-refractivity contribution in [3.8, 4) is 0 Å². The topological polar surface area (TPSA) is 82.1 Å². The summed E-state index contributed by atoms with van der Waals surface area (Å²) in [5.41, 5.74) is 1.84. The van der Waals surface area contributed by atoms with Crippen LogP contribution >= 0.6 is 0 Å². The SMILES string of the molecule is C(=NCCCN=Cc1cnc[nH]1)c1cnc[nH]1. The average Bonchev–Trinajstić information content (AvgIpc) is 3.00. The van der Waals surface area contributed by atoms with Crippen molar-refractivity contribution < 1.29 is 0 Å². The highest BCUT2D eigenvalue weighted by Gasteiger charge is 1.87. The number of imidazole rings is 2. The molecule has 6 nitrogen and oxygen atoms in total. The molecule has 0 aromatic carbocycles. The van der Waals surface area contributed by atoms with E-state index in [0.717, 1.165) is 30.9 Å². The van der Waals surface area contributed by atoms with Crippen LogP contribution in [0.5, 0.6) is 0 Å². The third-order valence-electron chi connectivity index (χ3n) is 2.07. The Bertz CT molecular complexity index is 410. The zero-order valence-electron chi connectivity index (χ0n) is 9.37. The fourth-order valence-corrected chi connectivity index (χ4v) is 1.25. The maximum atomic E-state index is 4.26. The van der Waals surface area contributed by atoms with Crippen LogP contribution in [0.15, 0.2) is 35.0 Å². The van der Waals surface area contributed by atoms with E-state index < -0.39 is 0 Å². The van der Waals surface area contributed by atoms with Gasteiger partial charge >= 0.3 is 0 Å². The number of aromatic amines is 2. The highest BCUT2D eigenvalue weighted by molar-refractivity contribution is 5.76. The van der Waals surface area contributed by atoms with E-state index in [1.807, 2.05) is 0 Å². The minimum atomic E-state index is 0.763. The first kappa shape index (κ1) is 11.3. The lowest BCUT2D eigenvalue weighted by atomic mass is 10.4. The molecule has 0 radical (unpaired) electrons. The van der Waals surface area contributed by atoms with E-state index in [0.29, 0.717) is 0 Å². The number of hydrogen-bond donors (Lipinski definition) is 2. The summed E-state index contributed by atoms with van der Waals surface area (Å²) in [5.74, 6) is 0. The molecule has 88 valence electrons. The van der Waals surface area contributed by atoms with Crippen molar-refractivity contribution >= 4 is 12.4 Å². The standard InChI is InChI=1S/C11H14N6/c1(2-12-4-10-6-14-8-16-10)3-13-5-11-7-15-9-17-11/h4-9H,1-3H2,(H,14,16)(H,15,17). The molecule has 0 fully saturated rings. The quantitative estimate of drug-likeness (QED) is 0.574. The van der Waals surface area contributed by atoms with Gasteiger partial charge in [-0.1, -0.05) is 0 Å². The minimum absolute atomic E-state index is 0.763. The number of H-pyrrole nitrogens is 2. The van der Waals surface area contributed by atoms with E-state index in [4.69, 9.17) is 0 Å². The summed E-state index contributed by atoms with van der Waals surface area (Å²) in [6.07, 6.45) is 11.2. The van der Waals surface area contributed by atoms with Gasteiger partial charge in [0.2, 0.25) is 0 Å². The van der Waals surface area contributed by atoms with E-state index in [1.165, 1.54) is 0 Å². The Kier molecular flexibility index (Phi) is 4.21. The summed E-state index contributed by atoms with van der Waals surface area (Å²) in [6, 6.07) is 0. The number of rotatable bonds is 6. The van der Waals surface area contributed by atoms with Gasteiger partial charge in [0.05, 0.1) is 36.4 Å². The molecular weight excluding hydrogens is 216 g/mol. The van der Waals surface area contributed by atoms with Crippen molar-refractivity contribution in [3.63, 3.8) is 0 Å². The summed E-state index contributed by atoms with van der Waals surface area (Å²) < 4.78 is 0. The third-order valence-corrected chi connectivity index (χ3v) is 2.07. The smallest absolute Gasteiger partial charge is 0.0924 e. The Balaban J connectivity index is 1.61. The van der Waals surface area contributed by atoms with Gasteiger partial charge in [0, 0.05) is 25.5 Å². The van der Waals surface area contributed by atoms with Crippen LogP contribution in [0.2, 0.25) is 0 Å². The van der Waals surface area contributed by atoms with E-state index in [-0.39, 0.29) is 0 Å². The fourth-order valence-electron chi connectivity index (χ4n) is 1.25. The van der Waals surface area contributed by atoms with Crippen LogP contribution in [-0.2, 0) is 0 Å². The Hall–Kier alpha value is -2.24. The van der Waals surface area contributed by atoms with Crippen LogP contribution < -0.4 is 0 Å². The molecule has 2 rings (SSSR count). The van der Waals surface area contributed by atoms with Crippen LogP contribution in [0.1, 0.15) is 17.8 Å². The molecule has 2 heterocycles. The van der Waals surface area contributed by atoms with Crippen molar-refractivity contribution in [1.82, 2.24) is 19.9 Å². The number of nitrogens with one attached hydrogen (secondary N) is 2. The Morgan fingerprint density at radius 3 is 1.88 bits per heavy atom. The molecule has 2 aromatic heterocycles. The molecule has 0 unspecified atom stereocenters. The van der Waals surface area contributed by atoms with Crippen molar-refractivity contribution in [3.05, 3.63) is 36.4 Å². The minimum Gasteiger partial charge on any atom is -0.344 e. The predicted molar refractivity (Wildman–Crippen MR) is 66.7 cm³/mol. The molecule has 0 saturated carbocycles. The molecule has 0 amide bonds. The number of hydrogen-bond acceptors (Lipinski definition) is 4. The van der Waals surface area contributed by atoms with Gasteiger partial charge in [0.1, 0.15) is 0 Å². The van der Waals surface area contributed by atoms with Crippen molar-refractivity contribution in [2.45, 2.75) is 6.42 Å². The van der Waals surface area contributed by atoms with Crippen LogP contribution in [0, 0.1) is 0 Å². The van der Waals surface area contributed by atoms with Gasteiger partial charge in [-0.05, 0) is 6.42 Å². The van der Waals surface area contributed by atoms with E-state index >= 15 is 0 Å². The molecule has 2 N–H and O–H groups in total. The van der Waals surface area contributed by atoms with Gasteiger partial charge in [-0.15, -0.1) is 0 Å². The number of aliphatic imine (C=N–C) groups is 2. The third kappa shape index (κ3) is 4.02. The fraction of sp³-hybridized carbons (Fsp3) is 0.273. The lowest BCUT2D eigenvalue weighted by Crippen LogP contribution is -1.89. The van der Waals surface area contributed by atoms with E-state index in [1.54, 1.807) is 37.5 Å². The lowest BCUT2D eigenvalue weighted by molar-refractivity contribution is 0.850. The molecule has 2 aromatic rings. The second kappa shape index (κ2) is 6.37. The first-order valence-corrected chi connectivity index (χ1v) is 5.41. The molecule has 0 bridgehead atoms. The highest BCUT2D eigenvalue weighted by Crippen LogP contribution is 1.89. The summed E-state index contributed by atoms with van der Waals surface area (Å²) in [5, 5.41) is 0. The summed E-state index contributed by atoms with van der Waals surface area (Å²) in [4.78, 5) is 22.2. The van der Waals surface area contributed by atoms with Gasteiger partial charge in [0.15, 0.2) is 0 Å². The monoisotopic (exact) mass is 230 g/mol. The molecule has 0 aliphatic carbocycles.